The van der Waals surface area contributed by atoms with Crippen molar-refractivity contribution in [3.05, 3.63) is 60.7 Å². The molecule has 0 aliphatic heterocycles. The summed E-state index contributed by atoms with van der Waals surface area (Å²) >= 11 is 0. The van der Waals surface area contributed by atoms with E-state index in [1.165, 1.54) is 10.4 Å². The number of benzene rings is 2. The maximum absolute atomic E-state index is 11.5. The molecule has 2 aromatic rings. The summed E-state index contributed by atoms with van der Waals surface area (Å²) in [6, 6.07) is 21.1. The Labute approximate surface area is 133 Å². The summed E-state index contributed by atoms with van der Waals surface area (Å²) in [5.41, 5.74) is 0. The average Bonchev–Trinajstić information content (AvgIpc) is 2.58. The zero-order chi connectivity index (χ0) is 15.4. The zero-order valence-electron chi connectivity index (χ0n) is 13.0. The first-order valence-electron chi connectivity index (χ1n) is 7.99. The van der Waals surface area contributed by atoms with Crippen molar-refractivity contribution in [2.45, 2.75) is 38.3 Å². The van der Waals surface area contributed by atoms with Gasteiger partial charge in [0.05, 0.1) is 0 Å². The molecule has 2 aromatic carbocycles. The van der Waals surface area contributed by atoms with E-state index in [2.05, 4.69) is 55.1 Å². The van der Waals surface area contributed by atoms with E-state index in [0.717, 1.165) is 12.8 Å². The SMILES string of the molecule is C[Si](OC1CCC(=O)CC1)(c1ccccc1)c1ccccc1. The van der Waals surface area contributed by atoms with Gasteiger partial charge in [0.25, 0.3) is 8.32 Å². The second kappa shape index (κ2) is 6.59. The first kappa shape index (κ1) is 15.2. The molecule has 1 saturated carbocycles. The van der Waals surface area contributed by atoms with Gasteiger partial charge in [0, 0.05) is 18.9 Å². The van der Waals surface area contributed by atoms with Gasteiger partial charge in [-0.15, -0.1) is 0 Å². The average molecular weight is 310 g/mol. The molecule has 0 aromatic heterocycles. The molecule has 114 valence electrons. The van der Waals surface area contributed by atoms with Crippen molar-refractivity contribution < 1.29 is 9.22 Å². The molecule has 0 N–H and O–H groups in total. The number of carbonyl (C=O) groups is 1. The Balaban J connectivity index is 1.92. The van der Waals surface area contributed by atoms with E-state index < -0.39 is 8.32 Å². The molecule has 22 heavy (non-hydrogen) atoms. The highest BCUT2D eigenvalue weighted by atomic mass is 28.4. The summed E-state index contributed by atoms with van der Waals surface area (Å²) in [5.74, 6) is 0.377. The molecule has 2 nitrogen and oxygen atoms in total. The Morgan fingerprint density at radius 2 is 1.32 bits per heavy atom. The molecule has 0 bridgehead atoms. The summed E-state index contributed by atoms with van der Waals surface area (Å²) in [4.78, 5) is 11.5. The van der Waals surface area contributed by atoms with Crippen molar-refractivity contribution >= 4 is 24.5 Å². The van der Waals surface area contributed by atoms with E-state index in [-0.39, 0.29) is 6.10 Å². The standard InChI is InChI=1S/C19H22O2Si/c1-22(18-8-4-2-5-9-18,19-10-6-3-7-11-19)21-17-14-12-16(20)13-15-17/h2-11,17H,12-15H2,1H3. The largest absolute Gasteiger partial charge is 0.405 e. The molecular formula is C19H22O2Si. The Hall–Kier alpha value is -1.71. The van der Waals surface area contributed by atoms with Crippen LogP contribution in [0.5, 0.6) is 0 Å². The number of Topliss-reactive ketones (excluding diaryl/α,β-unsaturated/α-hetero) is 1. The topological polar surface area (TPSA) is 26.3 Å². The Morgan fingerprint density at radius 3 is 1.77 bits per heavy atom. The molecule has 1 aliphatic rings. The number of hydrogen-bond acceptors (Lipinski definition) is 2. The predicted octanol–water partition coefficient (Wildman–Crippen LogP) is 2.90. The van der Waals surface area contributed by atoms with Crippen LogP contribution in [0.4, 0.5) is 0 Å². The summed E-state index contributed by atoms with van der Waals surface area (Å²) < 4.78 is 6.69. The highest BCUT2D eigenvalue weighted by molar-refractivity contribution is 6.96. The van der Waals surface area contributed by atoms with Crippen LogP contribution in [0.25, 0.3) is 0 Å². The lowest BCUT2D eigenvalue weighted by Gasteiger charge is -2.34. The van der Waals surface area contributed by atoms with Gasteiger partial charge in [0.1, 0.15) is 5.78 Å². The molecule has 0 atom stereocenters. The van der Waals surface area contributed by atoms with Crippen molar-refractivity contribution in [3.63, 3.8) is 0 Å². The van der Waals surface area contributed by atoms with Gasteiger partial charge in [0.2, 0.25) is 0 Å². The van der Waals surface area contributed by atoms with E-state index >= 15 is 0 Å². The van der Waals surface area contributed by atoms with Gasteiger partial charge < -0.3 is 4.43 Å². The molecule has 0 spiro atoms. The van der Waals surface area contributed by atoms with Gasteiger partial charge in [-0.25, -0.2) is 0 Å². The van der Waals surface area contributed by atoms with Crippen molar-refractivity contribution in [1.29, 1.82) is 0 Å². The maximum atomic E-state index is 11.5. The van der Waals surface area contributed by atoms with Crippen LogP contribution in [0.3, 0.4) is 0 Å². The Morgan fingerprint density at radius 1 is 0.864 bits per heavy atom. The van der Waals surface area contributed by atoms with Gasteiger partial charge >= 0.3 is 0 Å². The Bertz CT molecular complexity index is 575. The van der Waals surface area contributed by atoms with Crippen LogP contribution in [0, 0.1) is 0 Å². The highest BCUT2D eigenvalue weighted by Gasteiger charge is 2.37. The third-order valence-corrected chi connectivity index (χ3v) is 8.22. The molecule has 0 amide bonds. The summed E-state index contributed by atoms with van der Waals surface area (Å²) in [6.07, 6.45) is 3.26. The van der Waals surface area contributed by atoms with E-state index in [4.69, 9.17) is 4.43 Å². The molecule has 1 aliphatic carbocycles. The molecule has 3 heteroatoms. The van der Waals surface area contributed by atoms with Crippen LogP contribution < -0.4 is 10.4 Å². The first-order chi connectivity index (χ1) is 10.7. The fourth-order valence-electron chi connectivity index (χ4n) is 3.18. The minimum Gasteiger partial charge on any atom is -0.405 e. The smallest absolute Gasteiger partial charge is 0.253 e. The molecule has 1 fully saturated rings. The number of carbonyl (C=O) groups excluding carboxylic acids is 1. The molecule has 0 radical (unpaired) electrons. The molecule has 0 unspecified atom stereocenters. The van der Waals surface area contributed by atoms with Crippen molar-refractivity contribution in [2.24, 2.45) is 0 Å². The molecule has 0 heterocycles. The van der Waals surface area contributed by atoms with E-state index in [1.807, 2.05) is 12.1 Å². The summed E-state index contributed by atoms with van der Waals surface area (Å²) in [5, 5.41) is 2.58. The van der Waals surface area contributed by atoms with Crippen molar-refractivity contribution in [3.8, 4) is 0 Å². The van der Waals surface area contributed by atoms with Crippen LogP contribution in [0.1, 0.15) is 25.7 Å². The monoisotopic (exact) mass is 310 g/mol. The summed E-state index contributed by atoms with van der Waals surface area (Å²) in [6.45, 7) is 2.27. The second-order valence-corrected chi connectivity index (χ2v) is 9.58. The third-order valence-electron chi connectivity index (χ3n) is 4.54. The normalized spacial score (nSPS) is 16.7. The fraction of sp³-hybridized carbons (Fsp3) is 0.316. The minimum absolute atomic E-state index is 0.203. The maximum Gasteiger partial charge on any atom is 0.253 e. The number of rotatable bonds is 4. The lowest BCUT2D eigenvalue weighted by molar-refractivity contribution is -0.121. The third kappa shape index (κ3) is 3.21. The lowest BCUT2D eigenvalue weighted by atomic mass is 9.97. The van der Waals surface area contributed by atoms with Crippen LogP contribution >= 0.6 is 0 Å². The van der Waals surface area contributed by atoms with Crippen molar-refractivity contribution in [1.82, 2.24) is 0 Å². The number of hydrogen-bond donors (Lipinski definition) is 0. The lowest BCUT2D eigenvalue weighted by Crippen LogP contribution is -2.60. The quantitative estimate of drug-likeness (QED) is 0.812. The molecule has 0 saturated heterocycles. The fourth-order valence-corrected chi connectivity index (χ4v) is 6.34. The van der Waals surface area contributed by atoms with Gasteiger partial charge in [0.15, 0.2) is 0 Å². The summed E-state index contributed by atoms with van der Waals surface area (Å²) in [7, 11) is -2.22. The van der Waals surface area contributed by atoms with E-state index in [0.29, 0.717) is 18.6 Å². The van der Waals surface area contributed by atoms with Crippen LogP contribution in [0.15, 0.2) is 60.7 Å². The highest BCUT2D eigenvalue weighted by Crippen LogP contribution is 2.22. The molecular weight excluding hydrogens is 288 g/mol. The van der Waals surface area contributed by atoms with E-state index in [9.17, 15) is 4.79 Å². The minimum atomic E-state index is -2.22. The molecule has 3 rings (SSSR count). The van der Waals surface area contributed by atoms with Gasteiger partial charge in [-0.2, -0.15) is 0 Å². The van der Waals surface area contributed by atoms with Crippen LogP contribution in [-0.4, -0.2) is 20.2 Å². The Kier molecular flexibility index (Phi) is 4.55. The van der Waals surface area contributed by atoms with Gasteiger partial charge in [-0.1, -0.05) is 60.7 Å². The van der Waals surface area contributed by atoms with Gasteiger partial charge in [-0.3, -0.25) is 4.79 Å². The zero-order valence-corrected chi connectivity index (χ0v) is 14.0. The van der Waals surface area contributed by atoms with Crippen LogP contribution in [0.2, 0.25) is 6.55 Å². The van der Waals surface area contributed by atoms with Crippen LogP contribution in [-0.2, 0) is 9.22 Å². The van der Waals surface area contributed by atoms with Gasteiger partial charge in [-0.05, 0) is 29.8 Å². The van der Waals surface area contributed by atoms with Crippen molar-refractivity contribution in [2.75, 3.05) is 0 Å². The first-order valence-corrected chi connectivity index (χ1v) is 10.4. The second-order valence-electron chi connectivity index (χ2n) is 6.12. The predicted molar refractivity (Wildman–Crippen MR) is 92.1 cm³/mol. The van der Waals surface area contributed by atoms with E-state index in [1.54, 1.807) is 0 Å². The number of ketones is 1.